The van der Waals surface area contributed by atoms with Crippen molar-refractivity contribution in [1.29, 1.82) is 0 Å². The van der Waals surface area contributed by atoms with Gasteiger partial charge in [0.25, 0.3) is 0 Å². The van der Waals surface area contributed by atoms with Crippen molar-refractivity contribution in [1.82, 2.24) is 0 Å². The van der Waals surface area contributed by atoms with Crippen LogP contribution in [-0.4, -0.2) is 0 Å². The Balaban J connectivity index is 2.06. The van der Waals surface area contributed by atoms with Crippen LogP contribution in [0.4, 0.5) is 0 Å². The number of aryl methyl sites for hydroxylation is 5. The van der Waals surface area contributed by atoms with Crippen molar-refractivity contribution in [2.24, 2.45) is 0 Å². The van der Waals surface area contributed by atoms with Crippen molar-refractivity contribution in [2.75, 3.05) is 0 Å². The Morgan fingerprint density at radius 2 is 1.00 bits per heavy atom. The summed E-state index contributed by atoms with van der Waals surface area (Å²) in [5, 5.41) is 0. The van der Waals surface area contributed by atoms with Crippen LogP contribution in [0.2, 0.25) is 0 Å². The zero-order valence-electron chi connectivity index (χ0n) is 15.4. The largest absolute Gasteiger partial charge is 0.0622 e. The first-order valence-corrected chi connectivity index (χ1v) is 8.68. The Kier molecular flexibility index (Phi) is 4.57. The molecule has 0 aliphatic carbocycles. The second-order valence-electron chi connectivity index (χ2n) is 7.04. The Morgan fingerprint density at radius 3 is 1.50 bits per heavy atom. The molecule has 0 amide bonds. The standard InChI is InChI=1S/C24H26/c1-16-11-17(2)23(18(3)12-16)24-19(4)13-22(14-20(24)5)15-21-9-7-6-8-10-21/h6-14H,15H2,1-5H3. The van der Waals surface area contributed by atoms with E-state index in [1.807, 2.05) is 0 Å². The molecule has 0 radical (unpaired) electrons. The van der Waals surface area contributed by atoms with Crippen LogP contribution in [-0.2, 0) is 6.42 Å². The van der Waals surface area contributed by atoms with Crippen molar-refractivity contribution in [2.45, 2.75) is 41.0 Å². The zero-order valence-corrected chi connectivity index (χ0v) is 15.4. The van der Waals surface area contributed by atoms with Gasteiger partial charge in [-0.05, 0) is 85.5 Å². The van der Waals surface area contributed by atoms with Crippen LogP contribution in [0, 0.1) is 34.6 Å². The maximum Gasteiger partial charge on any atom is -0.00256 e. The molecular weight excluding hydrogens is 288 g/mol. The Bertz CT molecular complexity index is 824. The van der Waals surface area contributed by atoms with Gasteiger partial charge in [0.15, 0.2) is 0 Å². The van der Waals surface area contributed by atoms with Gasteiger partial charge in [-0.15, -0.1) is 0 Å². The van der Waals surface area contributed by atoms with Gasteiger partial charge in [0.05, 0.1) is 0 Å². The van der Waals surface area contributed by atoms with Gasteiger partial charge < -0.3 is 0 Å². The maximum absolute atomic E-state index is 2.36. The van der Waals surface area contributed by atoms with Gasteiger partial charge in [0.2, 0.25) is 0 Å². The highest BCUT2D eigenvalue weighted by molar-refractivity contribution is 5.77. The third-order valence-corrected chi connectivity index (χ3v) is 4.77. The van der Waals surface area contributed by atoms with E-state index < -0.39 is 0 Å². The van der Waals surface area contributed by atoms with Gasteiger partial charge in [0.1, 0.15) is 0 Å². The van der Waals surface area contributed by atoms with Crippen molar-refractivity contribution >= 4 is 0 Å². The van der Waals surface area contributed by atoms with Gasteiger partial charge in [-0.1, -0.05) is 60.2 Å². The van der Waals surface area contributed by atoms with E-state index in [0.717, 1.165) is 6.42 Å². The first-order chi connectivity index (χ1) is 11.5. The molecule has 0 bridgehead atoms. The number of rotatable bonds is 3. The van der Waals surface area contributed by atoms with E-state index >= 15 is 0 Å². The fraction of sp³-hybridized carbons (Fsp3) is 0.250. The van der Waals surface area contributed by atoms with Gasteiger partial charge in [0, 0.05) is 0 Å². The van der Waals surface area contributed by atoms with Crippen LogP contribution in [0.25, 0.3) is 11.1 Å². The second kappa shape index (κ2) is 6.65. The van der Waals surface area contributed by atoms with Crippen LogP contribution in [0.1, 0.15) is 38.9 Å². The SMILES string of the molecule is Cc1cc(C)c(-c2c(C)cc(Cc3ccccc3)cc2C)c(C)c1. The van der Waals surface area contributed by atoms with Crippen molar-refractivity contribution in [3.8, 4) is 11.1 Å². The average Bonchev–Trinajstić information content (AvgIpc) is 2.50. The van der Waals surface area contributed by atoms with E-state index in [9.17, 15) is 0 Å². The fourth-order valence-electron chi connectivity index (χ4n) is 3.96. The first-order valence-electron chi connectivity index (χ1n) is 8.68. The van der Waals surface area contributed by atoms with E-state index in [-0.39, 0.29) is 0 Å². The minimum atomic E-state index is 0.995. The highest BCUT2D eigenvalue weighted by Crippen LogP contribution is 2.34. The molecule has 24 heavy (non-hydrogen) atoms. The lowest BCUT2D eigenvalue weighted by molar-refractivity contribution is 1.17. The summed E-state index contributed by atoms with van der Waals surface area (Å²) >= 11 is 0. The lowest BCUT2D eigenvalue weighted by atomic mass is 9.87. The number of hydrogen-bond donors (Lipinski definition) is 0. The predicted molar refractivity (Wildman–Crippen MR) is 105 cm³/mol. The van der Waals surface area contributed by atoms with E-state index in [4.69, 9.17) is 0 Å². The molecule has 0 heterocycles. The van der Waals surface area contributed by atoms with Crippen molar-refractivity contribution in [3.05, 3.63) is 93.5 Å². The van der Waals surface area contributed by atoms with Crippen molar-refractivity contribution in [3.63, 3.8) is 0 Å². The molecule has 3 aromatic carbocycles. The fourth-order valence-corrected chi connectivity index (χ4v) is 3.96. The summed E-state index contributed by atoms with van der Waals surface area (Å²) in [5.41, 5.74) is 12.4. The average molecular weight is 314 g/mol. The summed E-state index contributed by atoms with van der Waals surface area (Å²) in [6.45, 7) is 11.1. The quantitative estimate of drug-likeness (QED) is 0.518. The molecule has 3 aromatic rings. The summed E-state index contributed by atoms with van der Waals surface area (Å²) in [6.07, 6.45) is 0.995. The number of benzene rings is 3. The lowest BCUT2D eigenvalue weighted by Gasteiger charge is -2.18. The van der Waals surface area contributed by atoms with Crippen LogP contribution >= 0.6 is 0 Å². The lowest BCUT2D eigenvalue weighted by Crippen LogP contribution is -1.98. The molecule has 0 atom stereocenters. The summed E-state index contributed by atoms with van der Waals surface area (Å²) in [4.78, 5) is 0. The molecular formula is C24H26. The Hall–Kier alpha value is -2.34. The highest BCUT2D eigenvalue weighted by Gasteiger charge is 2.13. The molecule has 0 spiro atoms. The van der Waals surface area contributed by atoms with Gasteiger partial charge >= 0.3 is 0 Å². The smallest absolute Gasteiger partial charge is 0.00256 e. The van der Waals surface area contributed by atoms with Gasteiger partial charge in [-0.25, -0.2) is 0 Å². The summed E-state index contributed by atoms with van der Waals surface area (Å²) in [7, 11) is 0. The topological polar surface area (TPSA) is 0 Å². The third-order valence-electron chi connectivity index (χ3n) is 4.77. The predicted octanol–water partition coefficient (Wildman–Crippen LogP) is 6.49. The molecule has 0 N–H and O–H groups in total. The molecule has 3 rings (SSSR count). The van der Waals surface area contributed by atoms with Gasteiger partial charge in [-0.3, -0.25) is 0 Å². The molecule has 0 aromatic heterocycles. The maximum atomic E-state index is 2.36. The van der Waals surface area contributed by atoms with Crippen LogP contribution < -0.4 is 0 Å². The molecule has 0 heteroatoms. The summed E-state index contributed by atoms with van der Waals surface area (Å²) in [6, 6.07) is 20.0. The molecule has 0 saturated carbocycles. The van der Waals surface area contributed by atoms with E-state index in [0.29, 0.717) is 0 Å². The monoisotopic (exact) mass is 314 g/mol. The molecule has 0 fully saturated rings. The van der Waals surface area contributed by atoms with Crippen molar-refractivity contribution < 1.29 is 0 Å². The Morgan fingerprint density at radius 1 is 0.542 bits per heavy atom. The zero-order chi connectivity index (χ0) is 17.3. The van der Waals surface area contributed by atoms with Crippen LogP contribution in [0.5, 0.6) is 0 Å². The molecule has 0 aliphatic heterocycles. The molecule has 0 aliphatic rings. The van der Waals surface area contributed by atoms with Crippen LogP contribution in [0.15, 0.2) is 54.6 Å². The summed E-state index contributed by atoms with van der Waals surface area (Å²) in [5.74, 6) is 0. The Labute approximate surface area is 146 Å². The van der Waals surface area contributed by atoms with E-state index in [1.54, 1.807) is 0 Å². The van der Waals surface area contributed by atoms with E-state index in [1.165, 1.54) is 50.1 Å². The summed E-state index contributed by atoms with van der Waals surface area (Å²) < 4.78 is 0. The van der Waals surface area contributed by atoms with E-state index in [2.05, 4.69) is 89.2 Å². The molecule has 0 saturated heterocycles. The molecule has 0 nitrogen and oxygen atoms in total. The minimum Gasteiger partial charge on any atom is -0.0622 e. The molecule has 122 valence electrons. The normalized spacial score (nSPS) is 10.9. The second-order valence-corrected chi connectivity index (χ2v) is 7.04. The van der Waals surface area contributed by atoms with Crippen LogP contribution in [0.3, 0.4) is 0 Å². The first kappa shape index (κ1) is 16.5. The minimum absolute atomic E-state index is 0.995. The van der Waals surface area contributed by atoms with Gasteiger partial charge in [-0.2, -0.15) is 0 Å². The number of hydrogen-bond acceptors (Lipinski definition) is 0. The highest BCUT2D eigenvalue weighted by atomic mass is 14.2. The third kappa shape index (κ3) is 3.28. The molecule has 0 unspecified atom stereocenters.